The van der Waals surface area contributed by atoms with E-state index in [0.29, 0.717) is 25.4 Å². The minimum atomic E-state index is -3.65. The SMILES string of the molecule is CCCCN(C(=O)c1ccc(S(=O)(=O)N2CCC(C)CC2)cc1)c1c(N)n(CC(C)C)c(=O)[nH]c1=O. The van der Waals surface area contributed by atoms with E-state index < -0.39 is 27.2 Å². The fraction of sp³-hybridized carbons (Fsp3) is 0.560. The number of nitrogens with zero attached hydrogens (tertiary/aromatic N) is 3. The highest BCUT2D eigenvalue weighted by atomic mass is 32.2. The average molecular weight is 520 g/mol. The van der Waals surface area contributed by atoms with E-state index in [0.717, 1.165) is 19.3 Å². The lowest BCUT2D eigenvalue weighted by Crippen LogP contribution is -2.42. The summed E-state index contributed by atoms with van der Waals surface area (Å²) in [6.45, 7) is 9.35. The summed E-state index contributed by atoms with van der Waals surface area (Å²) in [4.78, 5) is 42.4. The predicted molar refractivity (Wildman–Crippen MR) is 141 cm³/mol. The van der Waals surface area contributed by atoms with Crippen molar-refractivity contribution >= 4 is 27.4 Å². The highest BCUT2D eigenvalue weighted by Crippen LogP contribution is 2.25. The summed E-state index contributed by atoms with van der Waals surface area (Å²) in [6.07, 6.45) is 3.00. The molecule has 0 radical (unpaired) electrons. The molecule has 0 aliphatic carbocycles. The monoisotopic (exact) mass is 519 g/mol. The Labute approximate surface area is 212 Å². The molecule has 2 heterocycles. The molecule has 3 rings (SSSR count). The lowest BCUT2D eigenvalue weighted by Gasteiger charge is -2.29. The topological polar surface area (TPSA) is 139 Å². The second kappa shape index (κ2) is 11.4. The molecule has 1 amide bonds. The Morgan fingerprint density at radius 3 is 2.33 bits per heavy atom. The Morgan fingerprint density at radius 2 is 1.78 bits per heavy atom. The lowest BCUT2D eigenvalue weighted by atomic mass is 10.0. The third kappa shape index (κ3) is 5.89. The molecule has 0 spiro atoms. The lowest BCUT2D eigenvalue weighted by molar-refractivity contribution is 0.0986. The van der Waals surface area contributed by atoms with Crippen molar-refractivity contribution in [3.05, 3.63) is 50.7 Å². The smallest absolute Gasteiger partial charge is 0.330 e. The summed E-state index contributed by atoms with van der Waals surface area (Å²) in [7, 11) is -3.65. The number of aromatic nitrogens is 2. The minimum Gasteiger partial charge on any atom is -0.383 e. The highest BCUT2D eigenvalue weighted by Gasteiger charge is 2.29. The number of piperidine rings is 1. The Hall–Kier alpha value is -2.92. The molecule has 10 nitrogen and oxygen atoms in total. The Kier molecular flexibility index (Phi) is 8.78. The van der Waals surface area contributed by atoms with Crippen LogP contribution in [0, 0.1) is 11.8 Å². The van der Waals surface area contributed by atoms with Crippen molar-refractivity contribution in [2.75, 3.05) is 30.3 Å². The van der Waals surface area contributed by atoms with E-state index in [-0.39, 0.29) is 41.0 Å². The number of H-pyrrole nitrogens is 1. The molecule has 0 saturated carbocycles. The predicted octanol–water partition coefficient (Wildman–Crippen LogP) is 2.64. The molecule has 1 fully saturated rings. The number of anilines is 2. The van der Waals surface area contributed by atoms with Gasteiger partial charge in [-0.2, -0.15) is 4.31 Å². The highest BCUT2D eigenvalue weighted by molar-refractivity contribution is 7.89. The summed E-state index contributed by atoms with van der Waals surface area (Å²) >= 11 is 0. The third-order valence-electron chi connectivity index (χ3n) is 6.49. The zero-order valence-corrected chi connectivity index (χ0v) is 22.3. The number of carbonyl (C=O) groups excluding carboxylic acids is 1. The van der Waals surface area contributed by atoms with Gasteiger partial charge in [-0.25, -0.2) is 13.2 Å². The number of nitrogens with one attached hydrogen (secondary N) is 1. The van der Waals surface area contributed by atoms with E-state index in [2.05, 4.69) is 11.9 Å². The minimum absolute atomic E-state index is 0.0690. The van der Waals surface area contributed by atoms with E-state index >= 15 is 0 Å². The summed E-state index contributed by atoms with van der Waals surface area (Å²) in [5.41, 5.74) is 5.04. The zero-order chi connectivity index (χ0) is 26.6. The maximum Gasteiger partial charge on any atom is 0.330 e. The Morgan fingerprint density at radius 1 is 1.17 bits per heavy atom. The quantitative estimate of drug-likeness (QED) is 0.522. The van der Waals surface area contributed by atoms with Gasteiger partial charge in [-0.3, -0.25) is 19.1 Å². The number of hydrogen-bond acceptors (Lipinski definition) is 6. The molecule has 1 aromatic heterocycles. The Bertz CT molecular complexity index is 1290. The zero-order valence-electron chi connectivity index (χ0n) is 21.5. The van der Waals surface area contributed by atoms with Gasteiger partial charge in [0.2, 0.25) is 10.0 Å². The molecule has 198 valence electrons. The molecule has 0 bridgehead atoms. The summed E-state index contributed by atoms with van der Waals surface area (Å²) in [5, 5.41) is 0. The number of rotatable bonds is 9. The largest absolute Gasteiger partial charge is 0.383 e. The number of nitrogens with two attached hydrogens (primary N) is 1. The number of sulfonamides is 1. The van der Waals surface area contributed by atoms with Crippen LogP contribution in [0.25, 0.3) is 0 Å². The van der Waals surface area contributed by atoms with E-state index in [1.165, 1.54) is 38.0 Å². The van der Waals surface area contributed by atoms with E-state index in [1.807, 2.05) is 20.8 Å². The Balaban J connectivity index is 1.96. The molecule has 36 heavy (non-hydrogen) atoms. The van der Waals surface area contributed by atoms with Gasteiger partial charge < -0.3 is 10.6 Å². The van der Waals surface area contributed by atoms with Crippen molar-refractivity contribution in [3.63, 3.8) is 0 Å². The number of aromatic amines is 1. The van der Waals surface area contributed by atoms with Crippen molar-refractivity contribution < 1.29 is 13.2 Å². The number of nitrogen functional groups attached to an aromatic ring is 1. The first kappa shape index (κ1) is 27.7. The summed E-state index contributed by atoms with van der Waals surface area (Å²) < 4.78 is 28.9. The van der Waals surface area contributed by atoms with Crippen molar-refractivity contribution in [1.29, 1.82) is 0 Å². The molecule has 0 unspecified atom stereocenters. The molecule has 3 N–H and O–H groups in total. The van der Waals surface area contributed by atoms with Crippen LogP contribution in [0.4, 0.5) is 11.5 Å². The molecular weight excluding hydrogens is 482 g/mol. The van der Waals surface area contributed by atoms with Crippen LogP contribution in [0.15, 0.2) is 38.8 Å². The van der Waals surface area contributed by atoms with Gasteiger partial charge >= 0.3 is 5.69 Å². The van der Waals surface area contributed by atoms with Crippen molar-refractivity contribution in [2.24, 2.45) is 11.8 Å². The van der Waals surface area contributed by atoms with Crippen LogP contribution in [0.1, 0.15) is 63.7 Å². The van der Waals surface area contributed by atoms with Gasteiger partial charge in [0.25, 0.3) is 11.5 Å². The molecule has 11 heteroatoms. The molecule has 1 aliphatic rings. The fourth-order valence-electron chi connectivity index (χ4n) is 4.32. The number of amides is 1. The molecule has 2 aromatic rings. The number of unbranched alkanes of at least 4 members (excludes halogenated alkanes) is 1. The second-order valence-electron chi connectivity index (χ2n) is 9.92. The van der Waals surface area contributed by atoms with Crippen LogP contribution in [0.3, 0.4) is 0 Å². The van der Waals surface area contributed by atoms with E-state index in [9.17, 15) is 22.8 Å². The van der Waals surface area contributed by atoms with Crippen LogP contribution >= 0.6 is 0 Å². The van der Waals surface area contributed by atoms with Gasteiger partial charge in [-0.1, -0.05) is 34.1 Å². The second-order valence-corrected chi connectivity index (χ2v) is 11.9. The maximum atomic E-state index is 13.5. The molecule has 1 aliphatic heterocycles. The van der Waals surface area contributed by atoms with Crippen LogP contribution in [-0.2, 0) is 16.6 Å². The van der Waals surface area contributed by atoms with Gasteiger partial charge in [-0.05, 0) is 55.4 Å². The van der Waals surface area contributed by atoms with Gasteiger partial charge in [0, 0.05) is 31.7 Å². The van der Waals surface area contributed by atoms with Gasteiger partial charge in [0.15, 0.2) is 5.69 Å². The van der Waals surface area contributed by atoms with Gasteiger partial charge in [0.1, 0.15) is 5.82 Å². The molecule has 1 aromatic carbocycles. The number of benzene rings is 1. The first-order chi connectivity index (χ1) is 17.0. The van der Waals surface area contributed by atoms with Crippen LogP contribution in [0.5, 0.6) is 0 Å². The number of carbonyl (C=O) groups is 1. The number of hydrogen-bond donors (Lipinski definition) is 2. The van der Waals surface area contributed by atoms with Crippen LogP contribution in [0.2, 0.25) is 0 Å². The first-order valence-corrected chi connectivity index (χ1v) is 14.0. The molecule has 1 saturated heterocycles. The summed E-state index contributed by atoms with van der Waals surface area (Å²) in [6, 6.07) is 5.75. The van der Waals surface area contributed by atoms with Gasteiger partial charge in [0.05, 0.1) is 4.90 Å². The van der Waals surface area contributed by atoms with E-state index in [1.54, 1.807) is 0 Å². The van der Waals surface area contributed by atoms with E-state index in [4.69, 9.17) is 5.73 Å². The summed E-state index contributed by atoms with van der Waals surface area (Å²) in [5.74, 6) is 0.0174. The fourth-order valence-corrected chi connectivity index (χ4v) is 5.79. The van der Waals surface area contributed by atoms with Crippen LogP contribution < -0.4 is 21.9 Å². The van der Waals surface area contributed by atoms with Crippen molar-refractivity contribution in [1.82, 2.24) is 13.9 Å². The molecule has 0 atom stereocenters. The van der Waals surface area contributed by atoms with Crippen molar-refractivity contribution in [2.45, 2.75) is 64.8 Å². The third-order valence-corrected chi connectivity index (χ3v) is 8.41. The normalized spacial score (nSPS) is 15.4. The van der Waals surface area contributed by atoms with Crippen molar-refractivity contribution in [3.8, 4) is 0 Å². The standard InChI is InChI=1S/C25H37N5O5S/c1-5-6-13-29(21-22(26)30(16-17(2)3)25(33)27-23(21)31)24(32)19-7-9-20(10-8-19)36(34,35)28-14-11-18(4)12-15-28/h7-10,17-18H,5-6,11-16,26H2,1-4H3,(H,27,31,33). The average Bonchev–Trinajstić information content (AvgIpc) is 2.83. The first-order valence-electron chi connectivity index (χ1n) is 12.5. The maximum absolute atomic E-state index is 13.5. The van der Waals surface area contributed by atoms with Gasteiger partial charge in [-0.15, -0.1) is 0 Å². The van der Waals surface area contributed by atoms with Crippen LogP contribution in [-0.4, -0.2) is 47.8 Å². The molecular formula is C25H37N5O5S.